The Kier molecular flexibility index (Phi) is 4.58. The summed E-state index contributed by atoms with van der Waals surface area (Å²) in [6.07, 6.45) is 0. The van der Waals surface area contributed by atoms with Gasteiger partial charge in [0.05, 0.1) is 22.0 Å². The second-order valence-electron chi connectivity index (χ2n) is 4.40. The lowest BCUT2D eigenvalue weighted by Gasteiger charge is -2.03. The Balaban J connectivity index is 2.60. The van der Waals surface area contributed by atoms with Gasteiger partial charge in [-0.15, -0.1) is 0 Å². The Bertz CT molecular complexity index is 934. The first-order valence-corrected chi connectivity index (χ1v) is 6.07. The summed E-state index contributed by atoms with van der Waals surface area (Å²) in [5.74, 6) is -6.15. The van der Waals surface area contributed by atoms with Gasteiger partial charge in [-0.3, -0.25) is 20.2 Å². The van der Waals surface area contributed by atoms with Crippen LogP contribution in [0.25, 0.3) is 0 Å². The van der Waals surface area contributed by atoms with Crippen LogP contribution in [0.15, 0.2) is 29.4 Å². The van der Waals surface area contributed by atoms with Crippen molar-refractivity contribution in [3.05, 3.63) is 73.0 Å². The van der Waals surface area contributed by atoms with Gasteiger partial charge in [0.2, 0.25) is 17.5 Å². The number of hydrogen-bond acceptors (Lipinski definition) is 6. The van der Waals surface area contributed by atoms with Crippen LogP contribution < -0.4 is 0 Å². The molecular weight excluding hydrogens is 356 g/mol. The average molecular weight is 360 g/mol. The standard InChI is InChI=1S/C12H4F4N4O5/c13-5-1-7(15)11(19(22)23)3-9(5)17-18(21)10-4-12(20(24)25)8(16)2-6(10)14/h1-4H. The van der Waals surface area contributed by atoms with Gasteiger partial charge in [-0.05, 0) is 4.86 Å². The van der Waals surface area contributed by atoms with Crippen molar-refractivity contribution in [3.63, 3.8) is 0 Å². The predicted molar refractivity (Wildman–Crippen MR) is 71.4 cm³/mol. The van der Waals surface area contributed by atoms with E-state index in [-0.39, 0.29) is 24.3 Å². The fourth-order valence-electron chi connectivity index (χ4n) is 1.71. The van der Waals surface area contributed by atoms with Gasteiger partial charge in [-0.25, -0.2) is 4.39 Å². The van der Waals surface area contributed by atoms with Crippen molar-refractivity contribution in [2.45, 2.75) is 0 Å². The molecule has 0 aliphatic heterocycles. The monoisotopic (exact) mass is 360 g/mol. The third kappa shape index (κ3) is 3.49. The lowest BCUT2D eigenvalue weighted by molar-refractivity contribution is -0.439. The highest BCUT2D eigenvalue weighted by Gasteiger charge is 2.25. The fraction of sp³-hybridized carbons (Fsp3) is 0. The number of nitro benzene ring substituents is 2. The molecule has 0 N–H and O–H groups in total. The zero-order valence-electron chi connectivity index (χ0n) is 11.7. The lowest BCUT2D eigenvalue weighted by Crippen LogP contribution is -2.00. The van der Waals surface area contributed by atoms with Crippen LogP contribution in [0.5, 0.6) is 0 Å². The fourth-order valence-corrected chi connectivity index (χ4v) is 1.71. The van der Waals surface area contributed by atoms with Gasteiger partial charge in [0.15, 0.2) is 11.5 Å². The molecular formula is C12H4F4N4O5. The van der Waals surface area contributed by atoms with E-state index in [1.165, 1.54) is 0 Å². The summed E-state index contributed by atoms with van der Waals surface area (Å²) in [5, 5.41) is 35.9. The van der Waals surface area contributed by atoms with Gasteiger partial charge in [-0.2, -0.15) is 13.2 Å². The minimum absolute atomic E-state index is 0.0390. The van der Waals surface area contributed by atoms with E-state index >= 15 is 0 Å². The van der Waals surface area contributed by atoms with Crippen LogP contribution in [-0.2, 0) is 0 Å². The number of nitro groups is 2. The summed E-state index contributed by atoms with van der Waals surface area (Å²) < 4.78 is 53.6. The largest absolute Gasteiger partial charge is 0.594 e. The van der Waals surface area contributed by atoms with Crippen molar-refractivity contribution in [2.75, 3.05) is 0 Å². The van der Waals surface area contributed by atoms with Crippen molar-refractivity contribution < 1.29 is 32.3 Å². The van der Waals surface area contributed by atoms with E-state index in [0.717, 1.165) is 0 Å². The Morgan fingerprint density at radius 1 is 0.680 bits per heavy atom. The zero-order chi connectivity index (χ0) is 18.9. The van der Waals surface area contributed by atoms with E-state index in [0.29, 0.717) is 0 Å². The zero-order valence-corrected chi connectivity index (χ0v) is 11.7. The molecule has 0 radical (unpaired) electrons. The molecule has 0 saturated heterocycles. The second-order valence-corrected chi connectivity index (χ2v) is 4.40. The summed E-state index contributed by atoms with van der Waals surface area (Å²) in [6, 6.07) is 0.591. The van der Waals surface area contributed by atoms with E-state index in [2.05, 4.69) is 5.11 Å². The number of azo groups is 1. The molecule has 13 heteroatoms. The number of halogens is 4. The highest BCUT2D eigenvalue weighted by Crippen LogP contribution is 2.31. The number of hydrogen-bond donors (Lipinski definition) is 0. The average Bonchev–Trinajstić information content (AvgIpc) is 2.49. The Morgan fingerprint density at radius 2 is 1.12 bits per heavy atom. The lowest BCUT2D eigenvalue weighted by atomic mass is 10.2. The van der Waals surface area contributed by atoms with Crippen molar-refractivity contribution in [1.82, 2.24) is 0 Å². The van der Waals surface area contributed by atoms with E-state index < -0.39 is 60.7 Å². The molecule has 0 bridgehead atoms. The highest BCUT2D eigenvalue weighted by molar-refractivity contribution is 5.49. The molecule has 0 fully saturated rings. The minimum atomic E-state index is -1.57. The molecule has 0 spiro atoms. The maximum absolute atomic E-state index is 13.6. The first kappa shape index (κ1) is 17.7. The summed E-state index contributed by atoms with van der Waals surface area (Å²) in [4.78, 5) is 18.1. The molecule has 0 aliphatic carbocycles. The molecule has 0 atom stereocenters. The highest BCUT2D eigenvalue weighted by atomic mass is 19.1. The van der Waals surface area contributed by atoms with E-state index in [1.54, 1.807) is 0 Å². The Hall–Kier alpha value is -3.64. The van der Waals surface area contributed by atoms with Crippen molar-refractivity contribution in [3.8, 4) is 0 Å². The molecule has 9 nitrogen and oxygen atoms in total. The molecule has 2 aromatic carbocycles. The number of nitrogens with zero attached hydrogens (tertiary/aromatic N) is 4. The maximum Gasteiger partial charge on any atom is 0.311 e. The van der Waals surface area contributed by atoms with E-state index in [1.807, 2.05) is 0 Å². The molecule has 0 unspecified atom stereocenters. The predicted octanol–water partition coefficient (Wildman–Crippen LogP) is 3.99. The third-order valence-corrected chi connectivity index (χ3v) is 2.83. The van der Waals surface area contributed by atoms with Crippen LogP contribution >= 0.6 is 0 Å². The summed E-state index contributed by atoms with van der Waals surface area (Å²) in [7, 11) is 0. The van der Waals surface area contributed by atoms with E-state index in [9.17, 15) is 43.0 Å². The second kappa shape index (κ2) is 6.46. The Morgan fingerprint density at radius 3 is 1.64 bits per heavy atom. The molecule has 0 saturated carbocycles. The SMILES string of the molecule is O=[N+]([O-])c1cc(N=[N+]([O-])c2cc([N+](=O)[O-])c(F)cc2F)c(F)cc1F. The van der Waals surface area contributed by atoms with E-state index in [4.69, 9.17) is 0 Å². The van der Waals surface area contributed by atoms with Crippen molar-refractivity contribution in [1.29, 1.82) is 0 Å². The van der Waals surface area contributed by atoms with Gasteiger partial charge in [0.25, 0.3) is 5.69 Å². The summed E-state index contributed by atoms with van der Waals surface area (Å²) in [5.41, 5.74) is -4.65. The van der Waals surface area contributed by atoms with Gasteiger partial charge in [0, 0.05) is 17.2 Å². The van der Waals surface area contributed by atoms with Crippen molar-refractivity contribution in [2.24, 2.45) is 5.11 Å². The molecule has 25 heavy (non-hydrogen) atoms. The molecule has 0 aliphatic rings. The normalized spacial score (nSPS) is 11.4. The smallest absolute Gasteiger partial charge is 0.311 e. The van der Waals surface area contributed by atoms with Crippen LogP contribution in [0, 0.1) is 48.7 Å². The van der Waals surface area contributed by atoms with Crippen LogP contribution in [0.3, 0.4) is 0 Å². The van der Waals surface area contributed by atoms with Gasteiger partial charge >= 0.3 is 11.4 Å². The first-order chi connectivity index (χ1) is 11.6. The molecule has 2 aromatic rings. The first-order valence-electron chi connectivity index (χ1n) is 6.07. The molecule has 130 valence electrons. The third-order valence-electron chi connectivity index (χ3n) is 2.83. The summed E-state index contributed by atoms with van der Waals surface area (Å²) >= 11 is 0. The minimum Gasteiger partial charge on any atom is -0.594 e. The van der Waals surface area contributed by atoms with Crippen LogP contribution in [0.2, 0.25) is 0 Å². The van der Waals surface area contributed by atoms with Gasteiger partial charge in [0.1, 0.15) is 0 Å². The molecule has 2 rings (SSSR count). The maximum atomic E-state index is 13.6. The van der Waals surface area contributed by atoms with Crippen molar-refractivity contribution >= 4 is 22.7 Å². The van der Waals surface area contributed by atoms with Crippen LogP contribution in [-0.4, -0.2) is 14.7 Å². The quantitative estimate of drug-likeness (QED) is 0.268. The topological polar surface area (TPSA) is 125 Å². The van der Waals surface area contributed by atoms with Crippen LogP contribution in [0.1, 0.15) is 0 Å². The summed E-state index contributed by atoms with van der Waals surface area (Å²) in [6.45, 7) is 0. The molecule has 0 aromatic heterocycles. The van der Waals surface area contributed by atoms with Gasteiger partial charge < -0.3 is 5.21 Å². The Labute approximate surface area is 134 Å². The van der Waals surface area contributed by atoms with Crippen LogP contribution in [0.4, 0.5) is 40.3 Å². The van der Waals surface area contributed by atoms with Gasteiger partial charge in [-0.1, -0.05) is 0 Å². The number of rotatable bonds is 4. The molecule has 0 heterocycles. The molecule has 0 amide bonds. The number of benzene rings is 2.